The second kappa shape index (κ2) is 17.9. The molecule has 10 aromatic carbocycles. The van der Waals surface area contributed by atoms with Crippen LogP contribution >= 0.6 is 0 Å². The second-order valence-corrected chi connectivity index (χ2v) is 23.2. The van der Waals surface area contributed by atoms with Gasteiger partial charge in [0, 0.05) is 105 Å². The van der Waals surface area contributed by atoms with Crippen molar-refractivity contribution in [1.29, 1.82) is 0 Å². The molecule has 0 radical (unpaired) electrons. The van der Waals surface area contributed by atoms with E-state index in [0.717, 1.165) is 11.4 Å². The van der Waals surface area contributed by atoms with Crippen LogP contribution in [0.3, 0.4) is 0 Å². The van der Waals surface area contributed by atoms with Crippen molar-refractivity contribution in [1.82, 2.24) is 4.57 Å². The van der Waals surface area contributed by atoms with Gasteiger partial charge >= 0.3 is 0 Å². The van der Waals surface area contributed by atoms with E-state index in [9.17, 15) is 0 Å². The van der Waals surface area contributed by atoms with Crippen molar-refractivity contribution >= 4 is 89.8 Å². The molecule has 6 heteroatoms. The number of aromatic nitrogens is 1. The molecule has 3 nitrogen and oxygen atoms in total. The van der Waals surface area contributed by atoms with E-state index in [4.69, 9.17) is 0 Å². The minimum atomic E-state index is -0.164. The van der Waals surface area contributed by atoms with E-state index in [2.05, 4.69) is 258 Å². The predicted octanol–water partition coefficient (Wildman–Crippen LogP) is 16.2. The Labute approximate surface area is 482 Å². The topological polar surface area (TPSA) is 11.4 Å². The number of benzene rings is 10. The van der Waals surface area contributed by atoms with E-state index in [-0.39, 0.29) is 77.6 Å². The normalized spacial score (nSPS) is 13.9. The molecule has 0 bridgehead atoms. The quantitative estimate of drug-likeness (QED) is 0.129. The minimum absolute atomic E-state index is 0. The van der Waals surface area contributed by atoms with E-state index >= 15 is 0 Å². The van der Waals surface area contributed by atoms with E-state index < -0.39 is 0 Å². The molecule has 0 atom stereocenters. The number of rotatable bonds is 4. The summed E-state index contributed by atoms with van der Waals surface area (Å²) in [5.41, 5.74) is 24.4. The molecule has 0 fully saturated rings. The van der Waals surface area contributed by atoms with Gasteiger partial charge in [0.2, 0.25) is 0 Å². The van der Waals surface area contributed by atoms with Crippen LogP contribution in [0.4, 0.5) is 34.1 Å². The third kappa shape index (κ3) is 7.49. The summed E-state index contributed by atoms with van der Waals surface area (Å²) in [6, 6.07) is 80.5. The molecule has 356 valence electrons. The van der Waals surface area contributed by atoms with Crippen LogP contribution in [0, 0.1) is 12.1 Å². The van der Waals surface area contributed by atoms with E-state index in [1.165, 1.54) is 122 Å². The van der Waals surface area contributed by atoms with Gasteiger partial charge in [0.25, 0.3) is 6.71 Å². The van der Waals surface area contributed by atoms with E-state index in [0.29, 0.717) is 0 Å². The predicted molar refractivity (Wildman–Crippen MR) is 310 cm³/mol. The Balaban J connectivity index is 0.00000284. The molecule has 0 saturated heterocycles. The van der Waals surface area contributed by atoms with Gasteiger partial charge < -0.3 is 26.5 Å². The van der Waals surface area contributed by atoms with Crippen LogP contribution in [0.25, 0.3) is 60.5 Å². The number of fused-ring (bicyclic) bond motifs is 11. The zero-order valence-corrected chi connectivity index (χ0v) is 52.4. The zero-order valence-electron chi connectivity index (χ0n) is 44.3. The zero-order chi connectivity index (χ0) is 49.7. The van der Waals surface area contributed by atoms with Gasteiger partial charge in [0.05, 0.1) is 16.7 Å². The monoisotopic (exact) mass is 1170 g/mol. The summed E-state index contributed by atoms with van der Waals surface area (Å²) >= 11 is 0. The maximum atomic E-state index is 3.65. The van der Waals surface area contributed by atoms with Crippen molar-refractivity contribution in [2.45, 2.75) is 71.6 Å². The SMILES string of the molecule is CC(C)(C)c1ccc2c(c1)N(c1[c-]ccc[c-]1)c1cc(C(C)(C)C)cc3c1B2c1cc2c4ccccc4n(-c4cccc5ccccc45)c2cc1N3c1ccc(-c2cccc3c2C(C)(C)c2ccccc2-3)cc1.[Cd].[Cd]. The Bertz CT molecular complexity index is 4100. The summed E-state index contributed by atoms with van der Waals surface area (Å²) in [6.07, 6.45) is 0. The summed E-state index contributed by atoms with van der Waals surface area (Å²) in [5, 5.41) is 4.94. The summed E-state index contributed by atoms with van der Waals surface area (Å²) in [6.45, 7) is 18.7. The molecule has 2 aliphatic heterocycles. The molecule has 0 spiro atoms. The van der Waals surface area contributed by atoms with Crippen LogP contribution < -0.4 is 26.2 Å². The maximum absolute atomic E-state index is 3.65. The van der Waals surface area contributed by atoms with Gasteiger partial charge in [-0.05, 0) is 126 Å². The van der Waals surface area contributed by atoms with Crippen LogP contribution in [0.5, 0.6) is 0 Å². The molecule has 75 heavy (non-hydrogen) atoms. The maximum Gasteiger partial charge on any atom is 0.252 e. The molecule has 0 saturated carbocycles. The molecule has 1 aliphatic carbocycles. The largest absolute Gasteiger partial charge is 0.359 e. The van der Waals surface area contributed by atoms with Crippen molar-refractivity contribution in [3.05, 3.63) is 229 Å². The van der Waals surface area contributed by atoms with Gasteiger partial charge in [-0.25, -0.2) is 0 Å². The number of anilines is 6. The molecule has 3 aliphatic rings. The van der Waals surface area contributed by atoms with E-state index in [1.54, 1.807) is 0 Å². The van der Waals surface area contributed by atoms with Crippen LogP contribution in [0.2, 0.25) is 0 Å². The third-order valence-electron chi connectivity index (χ3n) is 16.5. The Kier molecular flexibility index (Phi) is 11.9. The molecular weight excluding hydrogens is 1110 g/mol. The van der Waals surface area contributed by atoms with Crippen LogP contribution in [0.15, 0.2) is 194 Å². The van der Waals surface area contributed by atoms with E-state index in [1.807, 2.05) is 18.2 Å². The number of hydrogen-bond acceptors (Lipinski definition) is 2. The standard InChI is InChI=1S/C69H56BN3.2Cd/c1-67(2,3)45-34-37-56-61(38-45)71(47-22-10-9-11-23-47)63-39-46(68(4,5)6)40-64-66(63)70(56)57-41-54-52-26-15-17-30-59(52)73(58-31-18-21-43-20-12-13-24-49(43)58)60(54)42-62(57)72(64)48-35-32-44(33-36-48)50-27-19-28-53-51-25-14-16-29-55(51)69(7,8)65(50)53;;/h9-21,24-42H,1-8H3;;/q-2;;. The van der Waals surface area contributed by atoms with Gasteiger partial charge in [-0.1, -0.05) is 183 Å². The smallest absolute Gasteiger partial charge is 0.252 e. The molecule has 11 aromatic rings. The number of para-hydroxylation sites is 2. The average Bonchev–Trinajstić information content (AvgIpc) is 3.85. The number of nitrogens with zero attached hydrogens (tertiary/aromatic N) is 3. The fourth-order valence-corrected chi connectivity index (χ4v) is 12.9. The van der Waals surface area contributed by atoms with Crippen molar-refractivity contribution in [2.24, 2.45) is 0 Å². The van der Waals surface area contributed by atoms with Gasteiger partial charge in [-0.15, -0.1) is 0 Å². The average molecular weight is 1160 g/mol. The molecule has 0 unspecified atom stereocenters. The van der Waals surface area contributed by atoms with Gasteiger partial charge in [0.1, 0.15) is 0 Å². The Morgan fingerprint density at radius 2 is 1.07 bits per heavy atom. The molecule has 0 amide bonds. The first kappa shape index (κ1) is 49.6. The fraction of sp³-hybridized carbons (Fsp3) is 0.159. The van der Waals surface area contributed by atoms with Crippen LogP contribution in [-0.4, -0.2) is 11.3 Å². The van der Waals surface area contributed by atoms with Gasteiger partial charge in [-0.3, -0.25) is 18.2 Å². The Morgan fingerprint density at radius 1 is 0.453 bits per heavy atom. The Hall–Kier alpha value is -6.23. The summed E-state index contributed by atoms with van der Waals surface area (Å²) < 4.78 is 2.52. The second-order valence-electron chi connectivity index (χ2n) is 23.2. The van der Waals surface area contributed by atoms with Gasteiger partial charge in [0.15, 0.2) is 0 Å². The van der Waals surface area contributed by atoms with Crippen LogP contribution in [0.1, 0.15) is 77.6 Å². The summed E-state index contributed by atoms with van der Waals surface area (Å²) in [4.78, 5) is 5.05. The van der Waals surface area contributed by atoms with Crippen molar-refractivity contribution in [3.8, 4) is 27.9 Å². The molecule has 14 rings (SSSR count). The van der Waals surface area contributed by atoms with Crippen molar-refractivity contribution < 1.29 is 54.6 Å². The van der Waals surface area contributed by atoms with Gasteiger partial charge in [-0.2, -0.15) is 5.69 Å². The third-order valence-corrected chi connectivity index (χ3v) is 16.5. The van der Waals surface area contributed by atoms with Crippen LogP contribution in [-0.2, 0) is 70.8 Å². The first-order chi connectivity index (χ1) is 35.3. The molecule has 1 aromatic heterocycles. The first-order valence-electron chi connectivity index (χ1n) is 26.0. The Morgan fingerprint density at radius 3 is 1.83 bits per heavy atom. The fourth-order valence-electron chi connectivity index (χ4n) is 12.9. The summed E-state index contributed by atoms with van der Waals surface area (Å²) in [5.74, 6) is 0. The minimum Gasteiger partial charge on any atom is -0.359 e. The molecular formula is C69H56BCd2N3-2. The molecule has 0 N–H and O–H groups in total. The van der Waals surface area contributed by atoms with Crippen molar-refractivity contribution in [2.75, 3.05) is 9.80 Å². The first-order valence-corrected chi connectivity index (χ1v) is 26.0. The van der Waals surface area contributed by atoms with Crippen molar-refractivity contribution in [3.63, 3.8) is 0 Å². The number of hydrogen-bond donors (Lipinski definition) is 0. The summed E-state index contributed by atoms with van der Waals surface area (Å²) in [7, 11) is 0. The molecule has 3 heterocycles.